The second kappa shape index (κ2) is 12.7. The Labute approximate surface area is 196 Å². The summed E-state index contributed by atoms with van der Waals surface area (Å²) in [7, 11) is -2.32. The van der Waals surface area contributed by atoms with Gasteiger partial charge in [-0.25, -0.2) is 8.42 Å². The Bertz CT molecular complexity index is 961. The minimum Gasteiger partial charge on any atom is -0.497 e. The average molecular weight is 476 g/mol. The summed E-state index contributed by atoms with van der Waals surface area (Å²) in [6, 6.07) is 15.9. The number of carbonyl (C=O) groups is 1. The maximum atomic E-state index is 13.3. The Kier molecular flexibility index (Phi) is 9.68. The largest absolute Gasteiger partial charge is 0.497 e. The lowest BCUT2D eigenvalue weighted by Crippen LogP contribution is -2.42. The number of ether oxygens (including phenoxy) is 2. The molecule has 0 aliphatic carbocycles. The molecule has 2 aromatic carbocycles. The lowest BCUT2D eigenvalue weighted by molar-refractivity contribution is -0.121. The Hall–Kier alpha value is -2.46. The van der Waals surface area contributed by atoms with E-state index in [-0.39, 0.29) is 23.9 Å². The van der Waals surface area contributed by atoms with Crippen LogP contribution < -0.4 is 10.1 Å². The van der Waals surface area contributed by atoms with Crippen LogP contribution in [0, 0.1) is 0 Å². The van der Waals surface area contributed by atoms with Crippen LogP contribution in [0.25, 0.3) is 0 Å². The van der Waals surface area contributed by atoms with Gasteiger partial charge >= 0.3 is 0 Å². The molecule has 1 N–H and O–H groups in total. The fourth-order valence-corrected chi connectivity index (χ4v) is 5.05. The number of morpholine rings is 1. The maximum Gasteiger partial charge on any atom is 0.243 e. The van der Waals surface area contributed by atoms with Crippen molar-refractivity contribution in [1.29, 1.82) is 0 Å². The number of sulfonamides is 1. The van der Waals surface area contributed by atoms with E-state index in [0.717, 1.165) is 44.8 Å². The number of hydrogen-bond acceptors (Lipinski definition) is 6. The maximum absolute atomic E-state index is 13.3. The third kappa shape index (κ3) is 7.82. The Morgan fingerprint density at radius 3 is 2.45 bits per heavy atom. The van der Waals surface area contributed by atoms with Gasteiger partial charge in [-0.1, -0.05) is 30.3 Å². The van der Waals surface area contributed by atoms with Crippen LogP contribution in [0.1, 0.15) is 12.0 Å². The molecule has 1 fully saturated rings. The summed E-state index contributed by atoms with van der Waals surface area (Å²) in [6.45, 7) is 4.66. The van der Waals surface area contributed by atoms with Gasteiger partial charge in [0, 0.05) is 26.2 Å². The molecule has 2 aromatic rings. The van der Waals surface area contributed by atoms with Gasteiger partial charge in [-0.3, -0.25) is 9.69 Å². The van der Waals surface area contributed by atoms with E-state index in [1.165, 1.54) is 23.5 Å². The summed E-state index contributed by atoms with van der Waals surface area (Å²) in [6.07, 6.45) is 1.32. The van der Waals surface area contributed by atoms with Gasteiger partial charge in [0.2, 0.25) is 15.9 Å². The van der Waals surface area contributed by atoms with Crippen LogP contribution in [-0.2, 0) is 26.0 Å². The Balaban J connectivity index is 1.60. The summed E-state index contributed by atoms with van der Waals surface area (Å²) >= 11 is 0. The molecular formula is C24H33N3O5S. The molecule has 0 unspecified atom stereocenters. The molecule has 1 aliphatic heterocycles. The van der Waals surface area contributed by atoms with Gasteiger partial charge in [-0.2, -0.15) is 4.31 Å². The van der Waals surface area contributed by atoms with Crippen LogP contribution in [-0.4, -0.2) is 83.1 Å². The zero-order chi connectivity index (χ0) is 23.5. The number of nitrogens with one attached hydrogen (secondary N) is 1. The Morgan fingerprint density at radius 2 is 1.79 bits per heavy atom. The topological polar surface area (TPSA) is 88.2 Å². The summed E-state index contributed by atoms with van der Waals surface area (Å²) in [5.41, 5.74) is 1.01. The number of amides is 1. The molecule has 0 saturated carbocycles. The fourth-order valence-electron chi connectivity index (χ4n) is 3.65. The number of benzene rings is 2. The third-order valence-electron chi connectivity index (χ3n) is 5.59. The molecule has 0 atom stereocenters. The molecule has 180 valence electrons. The van der Waals surface area contributed by atoms with E-state index in [1.54, 1.807) is 12.1 Å². The lowest BCUT2D eigenvalue weighted by Gasteiger charge is -2.26. The van der Waals surface area contributed by atoms with Crippen molar-refractivity contribution >= 4 is 15.9 Å². The molecule has 33 heavy (non-hydrogen) atoms. The first kappa shape index (κ1) is 25.2. The first-order valence-corrected chi connectivity index (χ1v) is 12.7. The van der Waals surface area contributed by atoms with E-state index in [9.17, 15) is 13.2 Å². The number of carbonyl (C=O) groups excluding carboxylic acids is 1. The van der Waals surface area contributed by atoms with Gasteiger partial charge in [-0.15, -0.1) is 0 Å². The molecule has 1 saturated heterocycles. The third-order valence-corrected chi connectivity index (χ3v) is 7.45. The van der Waals surface area contributed by atoms with Crippen LogP contribution in [0.2, 0.25) is 0 Å². The standard InChI is InChI=1S/C24H33N3O5S/c1-31-22-8-10-23(11-9-22)33(29,30)27(15-12-21-6-3-2-4-7-21)20-24(28)25-13-5-14-26-16-18-32-19-17-26/h2-4,6-11H,5,12-20H2,1H3,(H,25,28). The molecule has 8 nitrogen and oxygen atoms in total. The molecule has 0 radical (unpaired) electrons. The van der Waals surface area contributed by atoms with Crippen LogP contribution in [0.3, 0.4) is 0 Å². The van der Waals surface area contributed by atoms with Crippen molar-refractivity contribution in [2.75, 3.05) is 59.6 Å². The lowest BCUT2D eigenvalue weighted by atomic mass is 10.1. The van der Waals surface area contributed by atoms with Gasteiger partial charge in [0.25, 0.3) is 0 Å². The van der Waals surface area contributed by atoms with Gasteiger partial charge < -0.3 is 14.8 Å². The fraction of sp³-hybridized carbons (Fsp3) is 0.458. The van der Waals surface area contributed by atoms with Crippen molar-refractivity contribution in [2.45, 2.75) is 17.7 Å². The van der Waals surface area contributed by atoms with Crippen molar-refractivity contribution in [2.24, 2.45) is 0 Å². The highest BCUT2D eigenvalue weighted by atomic mass is 32.2. The Morgan fingerprint density at radius 1 is 1.09 bits per heavy atom. The molecule has 3 rings (SSSR count). The predicted molar refractivity (Wildman–Crippen MR) is 127 cm³/mol. The highest BCUT2D eigenvalue weighted by molar-refractivity contribution is 7.89. The summed E-state index contributed by atoms with van der Waals surface area (Å²) in [5.74, 6) is 0.268. The number of hydrogen-bond donors (Lipinski definition) is 1. The van der Waals surface area contributed by atoms with E-state index in [0.29, 0.717) is 18.7 Å². The van der Waals surface area contributed by atoms with Crippen molar-refractivity contribution in [3.05, 3.63) is 60.2 Å². The molecule has 1 aliphatic rings. The minimum atomic E-state index is -3.84. The average Bonchev–Trinajstić information content (AvgIpc) is 2.85. The van der Waals surface area contributed by atoms with Crippen LogP contribution >= 0.6 is 0 Å². The minimum absolute atomic E-state index is 0.136. The zero-order valence-electron chi connectivity index (χ0n) is 19.1. The molecule has 0 aromatic heterocycles. The molecule has 0 spiro atoms. The van der Waals surface area contributed by atoms with Gasteiger partial charge in [-0.05, 0) is 49.2 Å². The second-order valence-electron chi connectivity index (χ2n) is 7.91. The summed E-state index contributed by atoms with van der Waals surface area (Å²) in [5, 5.41) is 2.87. The summed E-state index contributed by atoms with van der Waals surface area (Å²) in [4.78, 5) is 15.1. The molecular weight excluding hydrogens is 442 g/mol. The molecule has 1 heterocycles. The molecule has 0 bridgehead atoms. The summed E-state index contributed by atoms with van der Waals surface area (Å²) < 4.78 is 38.3. The van der Waals surface area contributed by atoms with E-state index in [2.05, 4.69) is 10.2 Å². The van der Waals surface area contributed by atoms with E-state index in [4.69, 9.17) is 9.47 Å². The monoisotopic (exact) mass is 475 g/mol. The van der Waals surface area contributed by atoms with Gasteiger partial charge in [0.15, 0.2) is 0 Å². The molecule has 1 amide bonds. The van der Waals surface area contributed by atoms with Crippen molar-refractivity contribution < 1.29 is 22.7 Å². The number of methoxy groups -OCH3 is 1. The first-order valence-electron chi connectivity index (χ1n) is 11.2. The van der Waals surface area contributed by atoms with Gasteiger partial charge in [0.05, 0.1) is 31.8 Å². The second-order valence-corrected chi connectivity index (χ2v) is 9.85. The van der Waals surface area contributed by atoms with Gasteiger partial charge in [0.1, 0.15) is 5.75 Å². The SMILES string of the molecule is COc1ccc(S(=O)(=O)N(CCc2ccccc2)CC(=O)NCCCN2CCOCC2)cc1. The zero-order valence-corrected chi connectivity index (χ0v) is 19.9. The number of rotatable bonds is 12. The van der Waals surface area contributed by atoms with Crippen molar-refractivity contribution in [1.82, 2.24) is 14.5 Å². The van der Waals surface area contributed by atoms with Crippen LogP contribution in [0.15, 0.2) is 59.5 Å². The normalized spacial score (nSPS) is 14.8. The van der Waals surface area contributed by atoms with Crippen LogP contribution in [0.4, 0.5) is 0 Å². The van der Waals surface area contributed by atoms with Crippen LogP contribution in [0.5, 0.6) is 5.75 Å². The van der Waals surface area contributed by atoms with Crippen molar-refractivity contribution in [3.8, 4) is 5.75 Å². The first-order chi connectivity index (χ1) is 16.0. The smallest absolute Gasteiger partial charge is 0.243 e. The van der Waals surface area contributed by atoms with Crippen molar-refractivity contribution in [3.63, 3.8) is 0 Å². The van der Waals surface area contributed by atoms with E-state index < -0.39 is 10.0 Å². The number of nitrogens with zero attached hydrogens (tertiary/aromatic N) is 2. The van der Waals surface area contributed by atoms with E-state index >= 15 is 0 Å². The highest BCUT2D eigenvalue weighted by Gasteiger charge is 2.26. The highest BCUT2D eigenvalue weighted by Crippen LogP contribution is 2.20. The molecule has 9 heteroatoms. The van der Waals surface area contributed by atoms with E-state index in [1.807, 2.05) is 30.3 Å². The predicted octanol–water partition coefficient (Wildman–Crippen LogP) is 1.77. The quantitative estimate of drug-likeness (QED) is 0.471.